The van der Waals surface area contributed by atoms with Gasteiger partial charge in [-0.15, -0.1) is 0 Å². The van der Waals surface area contributed by atoms with E-state index >= 15 is 0 Å². The molecule has 0 radical (unpaired) electrons. The highest BCUT2D eigenvalue weighted by Gasteiger charge is 2.19. The van der Waals surface area contributed by atoms with Crippen LogP contribution in [-0.2, 0) is 4.74 Å². The first-order valence-corrected chi connectivity index (χ1v) is 5.15. The van der Waals surface area contributed by atoms with Crippen LogP contribution in [0.1, 0.15) is 32.6 Å². The molecule has 1 aliphatic rings. The first-order chi connectivity index (χ1) is 5.83. The first kappa shape index (κ1) is 10.0. The summed E-state index contributed by atoms with van der Waals surface area (Å²) in [4.78, 5) is 0. The van der Waals surface area contributed by atoms with Gasteiger partial charge in [-0.2, -0.15) is 0 Å². The number of hydrogen-bond acceptors (Lipinski definition) is 1. The van der Waals surface area contributed by atoms with Crippen LogP contribution in [0.2, 0.25) is 0 Å². The zero-order chi connectivity index (χ0) is 8.81. The van der Waals surface area contributed by atoms with Gasteiger partial charge in [-0.25, -0.2) is 0 Å². The maximum absolute atomic E-state index is 5.02. The molecule has 0 aromatic carbocycles. The summed E-state index contributed by atoms with van der Waals surface area (Å²) in [6.45, 7) is 4.40. The second-order valence-corrected chi connectivity index (χ2v) is 4.04. The molecule has 0 saturated heterocycles. The SMILES string of the molecule is COCC[NH2+]C1CCC(C)CC1. The van der Waals surface area contributed by atoms with Crippen molar-refractivity contribution >= 4 is 0 Å². The summed E-state index contributed by atoms with van der Waals surface area (Å²) in [5.74, 6) is 0.970. The van der Waals surface area contributed by atoms with Crippen LogP contribution in [-0.4, -0.2) is 26.3 Å². The van der Waals surface area contributed by atoms with Crippen molar-refractivity contribution in [1.29, 1.82) is 0 Å². The highest BCUT2D eigenvalue weighted by molar-refractivity contribution is 4.67. The Bertz CT molecular complexity index is 108. The molecular formula is C10H22NO+. The normalized spacial score (nSPS) is 30.5. The van der Waals surface area contributed by atoms with Gasteiger partial charge in [0.1, 0.15) is 0 Å². The number of nitrogens with two attached hydrogens (primary N) is 1. The fourth-order valence-corrected chi connectivity index (χ4v) is 1.94. The predicted molar refractivity (Wildman–Crippen MR) is 50.1 cm³/mol. The second kappa shape index (κ2) is 5.55. The van der Waals surface area contributed by atoms with Gasteiger partial charge in [0.25, 0.3) is 0 Å². The average molecular weight is 172 g/mol. The fraction of sp³-hybridized carbons (Fsp3) is 1.00. The highest BCUT2D eigenvalue weighted by Crippen LogP contribution is 2.21. The van der Waals surface area contributed by atoms with E-state index in [0.717, 1.165) is 25.1 Å². The van der Waals surface area contributed by atoms with Gasteiger partial charge in [0.05, 0.1) is 19.2 Å². The van der Waals surface area contributed by atoms with Gasteiger partial charge in [-0.05, 0) is 31.6 Å². The summed E-state index contributed by atoms with van der Waals surface area (Å²) in [7, 11) is 1.77. The lowest BCUT2D eigenvalue weighted by molar-refractivity contribution is -0.693. The third-order valence-electron chi connectivity index (χ3n) is 2.88. The maximum atomic E-state index is 5.02. The van der Waals surface area contributed by atoms with E-state index in [9.17, 15) is 0 Å². The Morgan fingerprint density at radius 2 is 1.92 bits per heavy atom. The molecule has 0 atom stereocenters. The minimum Gasteiger partial charge on any atom is -0.379 e. The van der Waals surface area contributed by atoms with Crippen molar-refractivity contribution in [3.05, 3.63) is 0 Å². The van der Waals surface area contributed by atoms with Crippen molar-refractivity contribution in [2.45, 2.75) is 38.6 Å². The smallest absolute Gasteiger partial charge is 0.0995 e. The minimum absolute atomic E-state index is 0.886. The van der Waals surface area contributed by atoms with E-state index in [-0.39, 0.29) is 0 Å². The van der Waals surface area contributed by atoms with E-state index in [0.29, 0.717) is 0 Å². The molecule has 12 heavy (non-hydrogen) atoms. The van der Waals surface area contributed by atoms with E-state index in [1.54, 1.807) is 7.11 Å². The molecular weight excluding hydrogens is 150 g/mol. The molecule has 1 aliphatic carbocycles. The molecule has 0 amide bonds. The maximum Gasteiger partial charge on any atom is 0.0995 e. The minimum atomic E-state index is 0.886. The molecule has 1 saturated carbocycles. The lowest BCUT2D eigenvalue weighted by atomic mass is 9.87. The molecule has 1 rings (SSSR count). The summed E-state index contributed by atoms with van der Waals surface area (Å²) in [6.07, 6.45) is 5.66. The Kier molecular flexibility index (Phi) is 4.62. The van der Waals surface area contributed by atoms with Gasteiger partial charge in [-0.1, -0.05) is 6.92 Å². The van der Waals surface area contributed by atoms with E-state index in [1.807, 2.05) is 0 Å². The van der Waals surface area contributed by atoms with E-state index in [2.05, 4.69) is 12.2 Å². The molecule has 0 spiro atoms. The van der Waals surface area contributed by atoms with Crippen LogP contribution in [0.25, 0.3) is 0 Å². The molecule has 72 valence electrons. The second-order valence-electron chi connectivity index (χ2n) is 4.04. The van der Waals surface area contributed by atoms with Crippen LogP contribution < -0.4 is 5.32 Å². The van der Waals surface area contributed by atoms with Gasteiger partial charge >= 0.3 is 0 Å². The third-order valence-corrected chi connectivity index (χ3v) is 2.88. The number of quaternary nitrogens is 1. The van der Waals surface area contributed by atoms with E-state index in [4.69, 9.17) is 4.74 Å². The quantitative estimate of drug-likeness (QED) is 0.623. The van der Waals surface area contributed by atoms with Gasteiger partial charge in [0, 0.05) is 7.11 Å². The van der Waals surface area contributed by atoms with Gasteiger partial charge in [0.15, 0.2) is 0 Å². The predicted octanol–water partition coefficient (Wildman–Crippen LogP) is 0.775. The fourth-order valence-electron chi connectivity index (χ4n) is 1.94. The van der Waals surface area contributed by atoms with Gasteiger partial charge in [0.2, 0.25) is 0 Å². The van der Waals surface area contributed by atoms with Crippen molar-refractivity contribution in [1.82, 2.24) is 0 Å². The summed E-state index contributed by atoms with van der Waals surface area (Å²) in [5, 5.41) is 2.45. The van der Waals surface area contributed by atoms with Crippen LogP contribution >= 0.6 is 0 Å². The summed E-state index contributed by atoms with van der Waals surface area (Å²) >= 11 is 0. The molecule has 0 aliphatic heterocycles. The molecule has 0 aromatic rings. The average Bonchev–Trinajstić information content (AvgIpc) is 2.09. The molecule has 2 nitrogen and oxygen atoms in total. The van der Waals surface area contributed by atoms with E-state index in [1.165, 1.54) is 25.7 Å². The first-order valence-electron chi connectivity index (χ1n) is 5.15. The molecule has 2 heteroatoms. The topological polar surface area (TPSA) is 25.8 Å². The van der Waals surface area contributed by atoms with Gasteiger partial charge < -0.3 is 10.1 Å². The number of hydrogen-bond donors (Lipinski definition) is 1. The van der Waals surface area contributed by atoms with Crippen molar-refractivity contribution in [2.24, 2.45) is 5.92 Å². The van der Waals surface area contributed by atoms with Crippen LogP contribution in [0.3, 0.4) is 0 Å². The Morgan fingerprint density at radius 3 is 2.50 bits per heavy atom. The monoisotopic (exact) mass is 172 g/mol. The zero-order valence-corrected chi connectivity index (χ0v) is 8.38. The molecule has 0 aromatic heterocycles. The Labute approximate surface area is 75.7 Å². The summed E-state index contributed by atoms with van der Waals surface area (Å²) < 4.78 is 5.02. The lowest BCUT2D eigenvalue weighted by Gasteiger charge is -2.24. The van der Waals surface area contributed by atoms with Gasteiger partial charge in [-0.3, -0.25) is 0 Å². The standard InChI is InChI=1S/C10H21NO/c1-9-3-5-10(6-4-9)11-7-8-12-2/h9-11H,3-8H2,1-2H3/p+1. The summed E-state index contributed by atoms with van der Waals surface area (Å²) in [6, 6.07) is 0.886. The molecule has 0 heterocycles. The van der Waals surface area contributed by atoms with Crippen LogP contribution in [0.15, 0.2) is 0 Å². The number of rotatable bonds is 4. The number of methoxy groups -OCH3 is 1. The molecule has 1 fully saturated rings. The third kappa shape index (κ3) is 3.55. The van der Waals surface area contributed by atoms with Crippen LogP contribution in [0, 0.1) is 5.92 Å². The highest BCUT2D eigenvalue weighted by atomic mass is 16.5. The Hall–Kier alpha value is -0.0800. The van der Waals surface area contributed by atoms with Crippen LogP contribution in [0.4, 0.5) is 0 Å². The van der Waals surface area contributed by atoms with Crippen molar-refractivity contribution < 1.29 is 10.1 Å². The molecule has 0 unspecified atom stereocenters. The van der Waals surface area contributed by atoms with Crippen LogP contribution in [0.5, 0.6) is 0 Å². The van der Waals surface area contributed by atoms with E-state index < -0.39 is 0 Å². The number of ether oxygens (including phenoxy) is 1. The van der Waals surface area contributed by atoms with Crippen molar-refractivity contribution in [3.8, 4) is 0 Å². The van der Waals surface area contributed by atoms with Crippen molar-refractivity contribution in [3.63, 3.8) is 0 Å². The van der Waals surface area contributed by atoms with Crippen molar-refractivity contribution in [2.75, 3.05) is 20.3 Å². The largest absolute Gasteiger partial charge is 0.379 e. The Balaban J connectivity index is 2.01. The Morgan fingerprint density at radius 1 is 1.25 bits per heavy atom. The molecule has 2 N–H and O–H groups in total. The lowest BCUT2D eigenvalue weighted by Crippen LogP contribution is -2.91. The zero-order valence-electron chi connectivity index (χ0n) is 8.38. The summed E-state index contributed by atoms with van der Waals surface area (Å²) in [5.41, 5.74) is 0. The molecule has 0 bridgehead atoms.